The highest BCUT2D eigenvalue weighted by atomic mass is 32.2. The zero-order valence-electron chi connectivity index (χ0n) is 11.9. The van der Waals surface area contributed by atoms with Crippen molar-refractivity contribution in [2.75, 3.05) is 4.72 Å². The quantitative estimate of drug-likeness (QED) is 0.757. The maximum atomic E-state index is 12.3. The number of nitrogens with one attached hydrogen (secondary N) is 1. The number of benzene rings is 1. The Hall–Kier alpha value is -2.99. The predicted octanol–water partition coefficient (Wildman–Crippen LogP) is 1.38. The van der Waals surface area contributed by atoms with Crippen LogP contribution in [0.4, 0.5) is 5.95 Å². The van der Waals surface area contributed by atoms with E-state index >= 15 is 0 Å². The molecule has 1 N–H and O–H groups in total. The average molecular weight is 328 g/mol. The summed E-state index contributed by atoms with van der Waals surface area (Å²) >= 11 is 0. The minimum atomic E-state index is -3.77. The van der Waals surface area contributed by atoms with Gasteiger partial charge >= 0.3 is 0 Å². The molecular formula is C14H12N6O2S. The lowest BCUT2D eigenvalue weighted by molar-refractivity contribution is 0.600. The van der Waals surface area contributed by atoms with E-state index < -0.39 is 10.0 Å². The van der Waals surface area contributed by atoms with Gasteiger partial charge in [-0.05, 0) is 24.1 Å². The van der Waals surface area contributed by atoms with E-state index in [0.29, 0.717) is 18.5 Å². The van der Waals surface area contributed by atoms with E-state index in [2.05, 4.69) is 25.9 Å². The van der Waals surface area contributed by atoms with Crippen molar-refractivity contribution in [2.45, 2.75) is 17.7 Å². The normalized spacial score (nSPS) is 11.3. The molecule has 1 aromatic carbocycles. The molecule has 0 amide bonds. The van der Waals surface area contributed by atoms with E-state index in [-0.39, 0.29) is 10.8 Å². The fourth-order valence-corrected chi connectivity index (χ4v) is 2.94. The number of aryl methyl sites for hydroxylation is 1. The molecule has 0 aliphatic rings. The molecular weight excluding hydrogens is 316 g/mol. The molecule has 0 aliphatic heterocycles. The van der Waals surface area contributed by atoms with Crippen LogP contribution in [-0.4, -0.2) is 28.0 Å². The summed E-state index contributed by atoms with van der Waals surface area (Å²) < 4.78 is 28.4. The number of anilines is 1. The number of nitriles is 1. The van der Waals surface area contributed by atoms with Crippen LogP contribution in [0, 0.1) is 11.3 Å². The first-order chi connectivity index (χ1) is 11.1. The van der Waals surface area contributed by atoms with Crippen molar-refractivity contribution in [2.24, 2.45) is 0 Å². The number of sulfonamides is 1. The highest BCUT2D eigenvalue weighted by molar-refractivity contribution is 7.92. The lowest BCUT2D eigenvalue weighted by Gasteiger charge is -2.05. The third kappa shape index (κ3) is 3.27. The Balaban J connectivity index is 1.82. The van der Waals surface area contributed by atoms with Gasteiger partial charge in [0.2, 0.25) is 0 Å². The Morgan fingerprint density at radius 3 is 2.74 bits per heavy atom. The molecule has 0 unspecified atom stereocenters. The number of aromatic nitrogens is 4. The van der Waals surface area contributed by atoms with Crippen molar-refractivity contribution in [1.82, 2.24) is 19.6 Å². The fourth-order valence-electron chi connectivity index (χ4n) is 2.00. The second-order valence-electron chi connectivity index (χ2n) is 4.72. The summed E-state index contributed by atoms with van der Waals surface area (Å²) in [5.74, 6) is -0.0217. The van der Waals surface area contributed by atoms with Gasteiger partial charge in [0, 0.05) is 18.8 Å². The van der Waals surface area contributed by atoms with Gasteiger partial charge in [-0.3, -0.25) is 4.98 Å². The topological polar surface area (TPSA) is 113 Å². The van der Waals surface area contributed by atoms with E-state index in [0.717, 1.165) is 5.56 Å². The molecule has 2 aromatic heterocycles. The van der Waals surface area contributed by atoms with Crippen LogP contribution >= 0.6 is 0 Å². The Morgan fingerprint density at radius 1 is 1.26 bits per heavy atom. The van der Waals surface area contributed by atoms with Crippen molar-refractivity contribution in [3.63, 3.8) is 0 Å². The Morgan fingerprint density at radius 2 is 2.04 bits per heavy atom. The van der Waals surface area contributed by atoms with E-state index in [1.165, 1.54) is 29.0 Å². The van der Waals surface area contributed by atoms with Gasteiger partial charge < -0.3 is 0 Å². The Kier molecular flexibility index (Phi) is 3.91. The van der Waals surface area contributed by atoms with E-state index in [9.17, 15) is 8.42 Å². The van der Waals surface area contributed by atoms with Gasteiger partial charge in [-0.1, -0.05) is 12.1 Å². The molecule has 3 aromatic rings. The average Bonchev–Trinajstić information content (AvgIpc) is 2.94. The molecule has 3 rings (SSSR count). The van der Waals surface area contributed by atoms with Crippen LogP contribution in [0.5, 0.6) is 0 Å². The summed E-state index contributed by atoms with van der Waals surface area (Å²) in [4.78, 5) is 8.04. The predicted molar refractivity (Wildman–Crippen MR) is 82.0 cm³/mol. The fraction of sp³-hybridized carbons (Fsp3) is 0.143. The van der Waals surface area contributed by atoms with Gasteiger partial charge in [-0.2, -0.15) is 10.2 Å². The smallest absolute Gasteiger partial charge is 0.259 e. The molecule has 0 radical (unpaired) electrons. The molecule has 0 saturated carbocycles. The molecule has 0 atom stereocenters. The van der Waals surface area contributed by atoms with Gasteiger partial charge in [0.15, 0.2) is 5.65 Å². The van der Waals surface area contributed by atoms with Crippen LogP contribution in [0.1, 0.15) is 12.0 Å². The largest absolute Gasteiger partial charge is 0.264 e. The van der Waals surface area contributed by atoms with Crippen molar-refractivity contribution in [3.8, 4) is 6.07 Å². The summed E-state index contributed by atoms with van der Waals surface area (Å²) in [6, 6.07) is 8.41. The van der Waals surface area contributed by atoms with Crippen molar-refractivity contribution < 1.29 is 8.42 Å². The van der Waals surface area contributed by atoms with Gasteiger partial charge in [0.1, 0.15) is 0 Å². The molecule has 0 aliphatic carbocycles. The summed E-state index contributed by atoms with van der Waals surface area (Å²) in [5.41, 5.74) is 1.35. The van der Waals surface area contributed by atoms with Gasteiger partial charge in [0.05, 0.1) is 17.2 Å². The maximum absolute atomic E-state index is 12.3. The Labute approximate surface area is 132 Å². The number of rotatable bonds is 5. The van der Waals surface area contributed by atoms with Crippen molar-refractivity contribution >= 4 is 21.6 Å². The molecule has 23 heavy (non-hydrogen) atoms. The van der Waals surface area contributed by atoms with E-state index in [1.807, 2.05) is 0 Å². The zero-order valence-corrected chi connectivity index (χ0v) is 12.7. The molecule has 8 nitrogen and oxygen atoms in total. The van der Waals surface area contributed by atoms with E-state index in [4.69, 9.17) is 5.26 Å². The number of nitrogens with zero attached hydrogens (tertiary/aromatic N) is 5. The van der Waals surface area contributed by atoms with Crippen molar-refractivity contribution in [1.29, 1.82) is 5.26 Å². The van der Waals surface area contributed by atoms with Crippen LogP contribution < -0.4 is 4.72 Å². The minimum absolute atomic E-state index is 0.0217. The molecule has 0 spiro atoms. The SMILES string of the molecule is N#CCCc1ccc(S(=O)(=O)Nc2nc3cnccn3n2)cc1. The molecule has 0 saturated heterocycles. The number of hydrogen-bond acceptors (Lipinski definition) is 6. The van der Waals surface area contributed by atoms with Crippen LogP contribution in [0.2, 0.25) is 0 Å². The summed E-state index contributed by atoms with van der Waals surface area (Å²) in [6.07, 6.45) is 5.56. The van der Waals surface area contributed by atoms with E-state index in [1.54, 1.807) is 18.3 Å². The number of hydrogen-bond donors (Lipinski definition) is 1. The van der Waals surface area contributed by atoms with Gasteiger partial charge in [0.25, 0.3) is 16.0 Å². The maximum Gasteiger partial charge on any atom is 0.264 e. The minimum Gasteiger partial charge on any atom is -0.259 e. The first kappa shape index (κ1) is 14.9. The van der Waals surface area contributed by atoms with Crippen LogP contribution in [0.3, 0.4) is 0 Å². The highest BCUT2D eigenvalue weighted by Crippen LogP contribution is 2.15. The number of fused-ring (bicyclic) bond motifs is 1. The van der Waals surface area contributed by atoms with Crippen LogP contribution in [0.25, 0.3) is 5.65 Å². The molecule has 9 heteroatoms. The standard InChI is InChI=1S/C14H12N6O2S/c15-7-1-2-11-3-5-12(6-4-11)23(21,22)19-14-17-13-10-16-8-9-20(13)18-14/h3-6,8-10H,1-2H2,(H,18,19). The lowest BCUT2D eigenvalue weighted by Crippen LogP contribution is -2.14. The van der Waals surface area contributed by atoms with Gasteiger partial charge in [-0.15, -0.1) is 5.10 Å². The lowest BCUT2D eigenvalue weighted by atomic mass is 10.1. The molecule has 0 fully saturated rings. The first-order valence-corrected chi connectivity index (χ1v) is 8.22. The molecule has 0 bridgehead atoms. The van der Waals surface area contributed by atoms with Crippen LogP contribution in [-0.2, 0) is 16.4 Å². The summed E-state index contributed by atoms with van der Waals surface area (Å²) in [7, 11) is -3.77. The van der Waals surface area contributed by atoms with Crippen LogP contribution in [0.15, 0.2) is 47.8 Å². The molecule has 2 heterocycles. The third-order valence-corrected chi connectivity index (χ3v) is 4.47. The monoisotopic (exact) mass is 328 g/mol. The Bertz CT molecular complexity index is 939. The zero-order chi connectivity index (χ0) is 16.3. The highest BCUT2D eigenvalue weighted by Gasteiger charge is 2.16. The van der Waals surface area contributed by atoms with Crippen molar-refractivity contribution in [3.05, 3.63) is 48.4 Å². The summed E-state index contributed by atoms with van der Waals surface area (Å²) in [5, 5.41) is 12.6. The second-order valence-corrected chi connectivity index (χ2v) is 6.40. The van der Waals surface area contributed by atoms with Gasteiger partial charge in [-0.25, -0.2) is 17.7 Å². The third-order valence-electron chi connectivity index (χ3n) is 3.13. The first-order valence-electron chi connectivity index (χ1n) is 6.73. The second kappa shape index (κ2) is 6.02. The molecule has 116 valence electrons. The summed E-state index contributed by atoms with van der Waals surface area (Å²) in [6.45, 7) is 0.